The molecule has 1 aromatic rings. The molecule has 1 heterocycles. The van der Waals surface area contributed by atoms with Crippen LogP contribution in [-0.2, 0) is 11.3 Å². The number of guanidine groups is 1. The first-order valence-electron chi connectivity index (χ1n) is 7.52. The standard InChI is InChI=1S/C16H26N6O/c1-20(2)14-18-15(21(3)4)23-16(19-14,22(5)6)17-12-13-10-8-7-9-11-13/h7-11,17H,12H2,1-6H3. The second-order valence-corrected chi connectivity index (χ2v) is 6.04. The van der Waals surface area contributed by atoms with Gasteiger partial charge in [0.05, 0.1) is 0 Å². The molecule has 1 aliphatic rings. The van der Waals surface area contributed by atoms with Crippen molar-refractivity contribution in [3.63, 3.8) is 0 Å². The highest BCUT2D eigenvalue weighted by Crippen LogP contribution is 2.20. The fraction of sp³-hybridized carbons (Fsp3) is 0.500. The zero-order valence-electron chi connectivity index (χ0n) is 14.7. The van der Waals surface area contributed by atoms with Gasteiger partial charge < -0.3 is 14.5 Å². The molecule has 1 atom stereocenters. The van der Waals surface area contributed by atoms with Gasteiger partial charge in [-0.3, -0.25) is 0 Å². The van der Waals surface area contributed by atoms with Crippen LogP contribution in [0.1, 0.15) is 5.56 Å². The number of rotatable bonds is 4. The number of amidine groups is 1. The average molecular weight is 318 g/mol. The highest BCUT2D eigenvalue weighted by molar-refractivity contribution is 5.93. The third kappa shape index (κ3) is 4.00. The van der Waals surface area contributed by atoms with E-state index in [1.165, 1.54) is 0 Å². The maximum absolute atomic E-state index is 6.08. The van der Waals surface area contributed by atoms with Gasteiger partial charge in [-0.1, -0.05) is 30.3 Å². The van der Waals surface area contributed by atoms with Gasteiger partial charge in [0.2, 0.25) is 5.96 Å². The summed E-state index contributed by atoms with van der Waals surface area (Å²) in [7, 11) is 11.5. The van der Waals surface area contributed by atoms with E-state index in [2.05, 4.69) is 27.4 Å². The number of benzene rings is 1. The number of aliphatic imine (C=N–C) groups is 2. The molecule has 0 bridgehead atoms. The summed E-state index contributed by atoms with van der Waals surface area (Å²) in [5.41, 5.74) is 1.16. The first kappa shape index (κ1) is 17.2. The van der Waals surface area contributed by atoms with Crippen molar-refractivity contribution in [3.8, 4) is 0 Å². The SMILES string of the molecule is CN(C)C1=NC(NCc2ccccc2)(N(C)C)OC(N(C)C)=N1. The van der Waals surface area contributed by atoms with Gasteiger partial charge in [-0.15, -0.1) is 0 Å². The Bertz CT molecular complexity index is 581. The summed E-state index contributed by atoms with van der Waals surface area (Å²) >= 11 is 0. The van der Waals surface area contributed by atoms with Crippen LogP contribution in [-0.4, -0.2) is 74.9 Å². The van der Waals surface area contributed by atoms with Gasteiger partial charge in [0.25, 0.3) is 6.02 Å². The molecule has 7 nitrogen and oxygen atoms in total. The lowest BCUT2D eigenvalue weighted by atomic mass is 10.2. The van der Waals surface area contributed by atoms with Gasteiger partial charge in [0.15, 0.2) is 0 Å². The van der Waals surface area contributed by atoms with Crippen LogP contribution in [0.15, 0.2) is 40.3 Å². The zero-order chi connectivity index (χ0) is 17.0. The van der Waals surface area contributed by atoms with Crippen molar-refractivity contribution in [1.29, 1.82) is 0 Å². The minimum Gasteiger partial charge on any atom is -0.408 e. The van der Waals surface area contributed by atoms with Gasteiger partial charge in [0.1, 0.15) is 0 Å². The number of nitrogens with zero attached hydrogens (tertiary/aromatic N) is 5. The van der Waals surface area contributed by atoms with Gasteiger partial charge in [-0.2, -0.15) is 9.98 Å². The molecule has 1 N–H and O–H groups in total. The summed E-state index contributed by atoms with van der Waals surface area (Å²) in [5, 5.41) is 3.40. The second kappa shape index (κ2) is 6.97. The van der Waals surface area contributed by atoms with Gasteiger partial charge >= 0.3 is 5.97 Å². The predicted octanol–water partition coefficient (Wildman–Crippen LogP) is 0.815. The molecule has 1 unspecified atom stereocenters. The molecule has 0 amide bonds. The summed E-state index contributed by atoms with van der Waals surface area (Å²) in [4.78, 5) is 14.7. The van der Waals surface area contributed by atoms with Crippen LogP contribution in [0.25, 0.3) is 0 Å². The van der Waals surface area contributed by atoms with Crippen LogP contribution in [0, 0.1) is 0 Å². The molecule has 2 rings (SSSR count). The Morgan fingerprint density at radius 1 is 1.00 bits per heavy atom. The monoisotopic (exact) mass is 318 g/mol. The van der Waals surface area contributed by atoms with Crippen LogP contribution in [0.3, 0.4) is 0 Å². The molecule has 1 aliphatic heterocycles. The fourth-order valence-electron chi connectivity index (χ4n) is 2.05. The van der Waals surface area contributed by atoms with Crippen molar-refractivity contribution >= 4 is 12.0 Å². The molecule has 0 fully saturated rings. The molecule has 0 saturated carbocycles. The molecule has 0 spiro atoms. The van der Waals surface area contributed by atoms with E-state index in [1.807, 2.05) is 75.2 Å². The van der Waals surface area contributed by atoms with Crippen LogP contribution in [0.4, 0.5) is 0 Å². The highest BCUT2D eigenvalue weighted by atomic mass is 16.6. The predicted molar refractivity (Wildman–Crippen MR) is 93.0 cm³/mol. The van der Waals surface area contributed by atoms with Crippen LogP contribution in [0.5, 0.6) is 0 Å². The van der Waals surface area contributed by atoms with E-state index in [9.17, 15) is 0 Å². The van der Waals surface area contributed by atoms with Crippen LogP contribution in [0.2, 0.25) is 0 Å². The Morgan fingerprint density at radius 2 is 1.65 bits per heavy atom. The highest BCUT2D eigenvalue weighted by Gasteiger charge is 2.40. The molecule has 0 saturated heterocycles. The van der Waals surface area contributed by atoms with Crippen molar-refractivity contribution in [2.45, 2.75) is 12.5 Å². The normalized spacial score (nSPS) is 20.7. The van der Waals surface area contributed by atoms with Gasteiger partial charge in [-0.05, 0) is 19.7 Å². The Balaban J connectivity index is 2.30. The van der Waals surface area contributed by atoms with E-state index in [0.717, 1.165) is 5.56 Å². The summed E-state index contributed by atoms with van der Waals surface area (Å²) < 4.78 is 6.08. The van der Waals surface area contributed by atoms with Gasteiger partial charge in [0, 0.05) is 34.7 Å². The molecule has 0 aliphatic carbocycles. The van der Waals surface area contributed by atoms with Crippen LogP contribution < -0.4 is 5.32 Å². The minimum absolute atomic E-state index is 0.512. The van der Waals surface area contributed by atoms with Crippen molar-refractivity contribution < 1.29 is 4.74 Å². The Morgan fingerprint density at radius 3 is 2.17 bits per heavy atom. The summed E-state index contributed by atoms with van der Waals surface area (Å²) in [5.74, 6) is -0.397. The van der Waals surface area contributed by atoms with E-state index in [1.54, 1.807) is 0 Å². The molecule has 126 valence electrons. The van der Waals surface area contributed by atoms with Crippen molar-refractivity contribution in [3.05, 3.63) is 35.9 Å². The fourth-order valence-corrected chi connectivity index (χ4v) is 2.05. The summed E-state index contributed by atoms with van der Waals surface area (Å²) in [6.07, 6.45) is 0. The molecule has 23 heavy (non-hydrogen) atoms. The lowest BCUT2D eigenvalue weighted by Gasteiger charge is -2.40. The third-order valence-electron chi connectivity index (χ3n) is 3.44. The first-order valence-corrected chi connectivity index (χ1v) is 7.52. The Hall–Kier alpha value is -2.12. The number of ether oxygens (including phenoxy) is 1. The third-order valence-corrected chi connectivity index (χ3v) is 3.44. The Labute approximate surface area is 138 Å². The number of hydrogen-bond donors (Lipinski definition) is 1. The zero-order valence-corrected chi connectivity index (χ0v) is 14.7. The van der Waals surface area contributed by atoms with Crippen molar-refractivity contribution in [2.24, 2.45) is 9.98 Å². The van der Waals surface area contributed by atoms with E-state index < -0.39 is 5.97 Å². The minimum atomic E-state index is -1.00. The molecular weight excluding hydrogens is 292 g/mol. The van der Waals surface area contributed by atoms with Crippen LogP contribution >= 0.6 is 0 Å². The number of hydrogen-bond acceptors (Lipinski definition) is 7. The quantitative estimate of drug-likeness (QED) is 0.833. The first-order chi connectivity index (χ1) is 10.8. The molecule has 1 aromatic carbocycles. The lowest BCUT2D eigenvalue weighted by molar-refractivity contribution is -0.102. The number of nitrogens with one attached hydrogen (secondary N) is 1. The molecule has 7 heteroatoms. The topological polar surface area (TPSA) is 55.7 Å². The van der Waals surface area contributed by atoms with Crippen molar-refractivity contribution in [2.75, 3.05) is 42.3 Å². The molecular formula is C16H26N6O. The van der Waals surface area contributed by atoms with E-state index in [-0.39, 0.29) is 0 Å². The summed E-state index contributed by atoms with van der Waals surface area (Å²) in [6, 6.07) is 10.7. The van der Waals surface area contributed by atoms with E-state index >= 15 is 0 Å². The largest absolute Gasteiger partial charge is 0.408 e. The molecule has 0 radical (unpaired) electrons. The smallest absolute Gasteiger partial charge is 0.329 e. The second-order valence-electron chi connectivity index (χ2n) is 6.04. The lowest BCUT2D eigenvalue weighted by Crippen LogP contribution is -2.61. The Kier molecular flexibility index (Phi) is 5.23. The average Bonchev–Trinajstić information content (AvgIpc) is 2.53. The van der Waals surface area contributed by atoms with E-state index in [4.69, 9.17) is 4.74 Å². The van der Waals surface area contributed by atoms with E-state index in [0.29, 0.717) is 18.5 Å². The van der Waals surface area contributed by atoms with Gasteiger partial charge in [-0.25, -0.2) is 10.2 Å². The maximum Gasteiger partial charge on any atom is 0.329 e. The summed E-state index contributed by atoms with van der Waals surface area (Å²) in [6.45, 7) is 0.629. The molecule has 0 aromatic heterocycles. The van der Waals surface area contributed by atoms with Crippen molar-refractivity contribution in [1.82, 2.24) is 20.0 Å². The maximum atomic E-state index is 6.08.